The number of imide groups is 2. The summed E-state index contributed by atoms with van der Waals surface area (Å²) < 4.78 is 0. The number of nitrogens with two attached hydrogens (primary N) is 1. The fourth-order valence-electron chi connectivity index (χ4n) is 4.20. The Hall–Kier alpha value is -2.78. The molecule has 1 aromatic rings. The quantitative estimate of drug-likeness (QED) is 0.645. The molecule has 4 rings (SSSR count). The number of carbonyl (C=O) groups excluding carboxylic acids is 4. The van der Waals surface area contributed by atoms with E-state index in [1.807, 2.05) is 6.07 Å². The van der Waals surface area contributed by atoms with Gasteiger partial charge in [-0.15, -0.1) is 0 Å². The molecule has 9 nitrogen and oxygen atoms in total. The van der Waals surface area contributed by atoms with Gasteiger partial charge in [-0.3, -0.25) is 34.3 Å². The van der Waals surface area contributed by atoms with Gasteiger partial charge in [-0.1, -0.05) is 0 Å². The Balaban J connectivity index is 1.49. The summed E-state index contributed by atoms with van der Waals surface area (Å²) in [6, 6.07) is 4.33. The highest BCUT2D eigenvalue weighted by Gasteiger charge is 2.44. The Bertz CT molecular complexity index is 862. The van der Waals surface area contributed by atoms with Crippen LogP contribution in [0.25, 0.3) is 0 Å². The Morgan fingerprint density at radius 3 is 2.41 bits per heavy atom. The van der Waals surface area contributed by atoms with E-state index in [0.717, 1.165) is 49.7 Å². The Morgan fingerprint density at radius 2 is 1.72 bits per heavy atom. The lowest BCUT2D eigenvalue weighted by atomic mass is 10.0. The van der Waals surface area contributed by atoms with Crippen LogP contribution < -0.4 is 16.0 Å². The summed E-state index contributed by atoms with van der Waals surface area (Å²) in [5, 5.41) is 2.21. The highest BCUT2D eigenvalue weighted by molar-refractivity contribution is 6.23. The Labute approximate surface area is 168 Å². The molecule has 3 heterocycles. The maximum Gasteiger partial charge on any atom is 0.262 e. The molecule has 1 atom stereocenters. The molecule has 3 N–H and O–H groups in total. The monoisotopic (exact) mass is 399 g/mol. The van der Waals surface area contributed by atoms with Crippen LogP contribution in [0.4, 0.5) is 5.69 Å². The highest BCUT2D eigenvalue weighted by Crippen LogP contribution is 2.31. The fraction of sp³-hybridized carbons (Fsp3) is 0.500. The number of piperazine rings is 1. The zero-order chi connectivity index (χ0) is 20.5. The van der Waals surface area contributed by atoms with Gasteiger partial charge < -0.3 is 10.6 Å². The summed E-state index contributed by atoms with van der Waals surface area (Å²) in [5.41, 5.74) is 7.11. The van der Waals surface area contributed by atoms with Crippen molar-refractivity contribution in [2.24, 2.45) is 5.73 Å². The number of piperidine rings is 1. The lowest BCUT2D eigenvalue weighted by Gasteiger charge is -2.36. The van der Waals surface area contributed by atoms with E-state index in [4.69, 9.17) is 5.73 Å². The molecule has 9 heteroatoms. The smallest absolute Gasteiger partial charge is 0.262 e. The van der Waals surface area contributed by atoms with E-state index < -0.39 is 23.8 Å². The third-order valence-corrected chi connectivity index (χ3v) is 5.84. The average molecular weight is 399 g/mol. The maximum absolute atomic E-state index is 12.9. The van der Waals surface area contributed by atoms with Crippen molar-refractivity contribution in [3.8, 4) is 0 Å². The van der Waals surface area contributed by atoms with Crippen molar-refractivity contribution in [3.05, 3.63) is 29.3 Å². The second-order valence-corrected chi connectivity index (χ2v) is 7.65. The van der Waals surface area contributed by atoms with Gasteiger partial charge in [-0.25, -0.2) is 0 Å². The van der Waals surface area contributed by atoms with Crippen LogP contribution in [-0.2, 0) is 9.59 Å². The average Bonchev–Trinajstić information content (AvgIpc) is 2.97. The predicted molar refractivity (Wildman–Crippen MR) is 105 cm³/mol. The minimum absolute atomic E-state index is 0.115. The number of nitrogens with zero attached hydrogens (tertiary/aromatic N) is 3. The molecule has 2 saturated heterocycles. The van der Waals surface area contributed by atoms with E-state index >= 15 is 0 Å². The lowest BCUT2D eigenvalue weighted by Crippen LogP contribution is -2.54. The summed E-state index contributed by atoms with van der Waals surface area (Å²) >= 11 is 0. The van der Waals surface area contributed by atoms with Crippen molar-refractivity contribution in [2.75, 3.05) is 44.2 Å². The van der Waals surface area contributed by atoms with Crippen LogP contribution in [0.1, 0.15) is 40.0 Å². The highest BCUT2D eigenvalue weighted by atomic mass is 16.2. The number of benzene rings is 1. The van der Waals surface area contributed by atoms with Crippen LogP contribution in [0.5, 0.6) is 0 Å². The largest absolute Gasteiger partial charge is 0.369 e. The van der Waals surface area contributed by atoms with Crippen molar-refractivity contribution < 1.29 is 19.2 Å². The molecule has 29 heavy (non-hydrogen) atoms. The molecule has 4 amide bonds. The molecule has 1 unspecified atom stereocenters. The zero-order valence-corrected chi connectivity index (χ0v) is 16.2. The van der Waals surface area contributed by atoms with Crippen LogP contribution >= 0.6 is 0 Å². The number of carbonyl (C=O) groups is 4. The molecule has 2 fully saturated rings. The van der Waals surface area contributed by atoms with Crippen LogP contribution in [0.3, 0.4) is 0 Å². The number of amides is 4. The standard InChI is InChI=1S/C20H25N5O4/c21-6-1-7-23-8-10-24(11-9-23)13-2-3-14-15(12-13)20(29)25(19(14)28)16-4-5-17(26)22-18(16)27/h2-3,12,16H,1,4-11,21H2,(H,22,26,27). The molecule has 3 aliphatic heterocycles. The lowest BCUT2D eigenvalue weighted by molar-refractivity contribution is -0.136. The number of hydrogen-bond acceptors (Lipinski definition) is 7. The first kappa shape index (κ1) is 19.5. The summed E-state index contributed by atoms with van der Waals surface area (Å²) in [5.74, 6) is -1.92. The molecule has 0 spiro atoms. The van der Waals surface area contributed by atoms with E-state index in [2.05, 4.69) is 15.1 Å². The van der Waals surface area contributed by atoms with Crippen molar-refractivity contribution >= 4 is 29.3 Å². The number of fused-ring (bicyclic) bond motifs is 1. The molecule has 0 bridgehead atoms. The van der Waals surface area contributed by atoms with Gasteiger partial charge in [-0.05, 0) is 44.1 Å². The van der Waals surface area contributed by atoms with Gasteiger partial charge in [0.25, 0.3) is 11.8 Å². The van der Waals surface area contributed by atoms with E-state index in [9.17, 15) is 19.2 Å². The van der Waals surface area contributed by atoms with Crippen LogP contribution in [-0.4, -0.2) is 78.7 Å². The van der Waals surface area contributed by atoms with Gasteiger partial charge in [0.2, 0.25) is 11.8 Å². The summed E-state index contributed by atoms with van der Waals surface area (Å²) in [7, 11) is 0. The minimum Gasteiger partial charge on any atom is -0.369 e. The number of rotatable bonds is 5. The molecule has 1 aromatic carbocycles. The van der Waals surface area contributed by atoms with Gasteiger partial charge in [0, 0.05) is 38.3 Å². The van der Waals surface area contributed by atoms with Gasteiger partial charge >= 0.3 is 0 Å². The second kappa shape index (κ2) is 7.92. The third kappa shape index (κ3) is 3.63. The van der Waals surface area contributed by atoms with Crippen LogP contribution in [0.15, 0.2) is 18.2 Å². The normalized spacial score (nSPS) is 22.9. The van der Waals surface area contributed by atoms with E-state index in [-0.39, 0.29) is 18.7 Å². The molecule has 0 aliphatic carbocycles. The summed E-state index contributed by atoms with van der Waals surface area (Å²) in [4.78, 5) is 54.8. The molecule has 154 valence electrons. The minimum atomic E-state index is -0.936. The number of nitrogens with one attached hydrogen (secondary N) is 1. The molecular weight excluding hydrogens is 374 g/mol. The first-order valence-corrected chi connectivity index (χ1v) is 10.0. The topological polar surface area (TPSA) is 116 Å². The van der Waals surface area contributed by atoms with E-state index in [1.54, 1.807) is 12.1 Å². The van der Waals surface area contributed by atoms with Gasteiger partial charge in [0.05, 0.1) is 11.1 Å². The Morgan fingerprint density at radius 1 is 1.00 bits per heavy atom. The van der Waals surface area contributed by atoms with Gasteiger partial charge in [0.1, 0.15) is 6.04 Å². The van der Waals surface area contributed by atoms with Crippen molar-refractivity contribution in [2.45, 2.75) is 25.3 Å². The Kier molecular flexibility index (Phi) is 5.33. The maximum atomic E-state index is 12.9. The number of hydrogen-bond donors (Lipinski definition) is 2. The summed E-state index contributed by atoms with van der Waals surface area (Å²) in [6.45, 7) is 5.19. The molecular formula is C20H25N5O4. The van der Waals surface area contributed by atoms with E-state index in [0.29, 0.717) is 17.7 Å². The predicted octanol–water partition coefficient (Wildman–Crippen LogP) is -0.441. The first-order chi connectivity index (χ1) is 14.0. The molecule has 0 radical (unpaired) electrons. The third-order valence-electron chi connectivity index (χ3n) is 5.84. The number of anilines is 1. The van der Waals surface area contributed by atoms with Gasteiger partial charge in [-0.2, -0.15) is 0 Å². The molecule has 0 aromatic heterocycles. The second-order valence-electron chi connectivity index (χ2n) is 7.65. The van der Waals surface area contributed by atoms with Crippen molar-refractivity contribution in [3.63, 3.8) is 0 Å². The molecule has 0 saturated carbocycles. The first-order valence-electron chi connectivity index (χ1n) is 10.0. The van der Waals surface area contributed by atoms with Crippen molar-refractivity contribution in [1.29, 1.82) is 0 Å². The van der Waals surface area contributed by atoms with Gasteiger partial charge in [0.15, 0.2) is 0 Å². The SMILES string of the molecule is NCCCN1CCN(c2ccc3c(c2)C(=O)N(C2CCC(=O)NC2=O)C3=O)CC1. The van der Waals surface area contributed by atoms with Crippen LogP contribution in [0.2, 0.25) is 0 Å². The zero-order valence-electron chi connectivity index (χ0n) is 16.2. The van der Waals surface area contributed by atoms with Crippen molar-refractivity contribution in [1.82, 2.24) is 15.1 Å². The fourth-order valence-corrected chi connectivity index (χ4v) is 4.20. The van der Waals surface area contributed by atoms with Crippen LogP contribution in [0, 0.1) is 0 Å². The molecule has 3 aliphatic rings. The summed E-state index contributed by atoms with van der Waals surface area (Å²) in [6.07, 6.45) is 1.25. The van der Waals surface area contributed by atoms with E-state index in [1.165, 1.54) is 0 Å².